The molecule has 14 heteroatoms. The summed E-state index contributed by atoms with van der Waals surface area (Å²) < 4.78 is 58.4. The molecule has 1 aliphatic rings. The standard InChI is InChI=1S/C34H29FN8O4S/c1-41-31-29(27-22-17-37-43(25-11-7-8-14-46-25)24(22)15-20-12-13-23(35)21(16-36)26(20)27)40-42(2)30(31)28-32(41)38-34(48(3,44)45)39-33(28)47-18-19-9-5-4-6-10-19/h4-6,9-10,12-13,15,17,25H,7-8,11,14,18H2,1-3H3. The predicted molar refractivity (Wildman–Crippen MR) is 176 cm³/mol. The lowest BCUT2D eigenvalue weighted by Crippen LogP contribution is -2.18. The summed E-state index contributed by atoms with van der Waals surface area (Å²) in [4.78, 5) is 8.85. The van der Waals surface area contributed by atoms with Crippen molar-refractivity contribution in [1.82, 2.24) is 34.1 Å². The molecule has 0 amide bonds. The van der Waals surface area contributed by atoms with Gasteiger partial charge in [-0.1, -0.05) is 36.4 Å². The third-order valence-electron chi connectivity index (χ3n) is 8.91. The van der Waals surface area contributed by atoms with E-state index in [1.54, 1.807) is 35.6 Å². The van der Waals surface area contributed by atoms with Crippen molar-refractivity contribution in [2.24, 2.45) is 14.1 Å². The van der Waals surface area contributed by atoms with E-state index in [0.29, 0.717) is 56.1 Å². The average molecular weight is 665 g/mol. The number of sulfone groups is 1. The molecular formula is C34H29FN8O4S. The molecule has 8 rings (SSSR count). The summed E-state index contributed by atoms with van der Waals surface area (Å²) >= 11 is 0. The molecule has 0 N–H and O–H groups in total. The molecule has 1 atom stereocenters. The minimum atomic E-state index is -3.83. The molecule has 3 aromatic carbocycles. The van der Waals surface area contributed by atoms with Crippen molar-refractivity contribution in [3.8, 4) is 23.2 Å². The Morgan fingerprint density at radius 1 is 1.08 bits per heavy atom. The second-order valence-electron chi connectivity index (χ2n) is 12.0. The first-order valence-corrected chi connectivity index (χ1v) is 17.3. The van der Waals surface area contributed by atoms with Crippen LogP contribution in [-0.2, 0) is 35.3 Å². The minimum absolute atomic E-state index is 0.0820. The molecule has 5 heterocycles. The molecule has 48 heavy (non-hydrogen) atoms. The van der Waals surface area contributed by atoms with Crippen molar-refractivity contribution >= 4 is 53.6 Å². The maximum absolute atomic E-state index is 15.3. The second kappa shape index (κ2) is 11.1. The molecule has 0 aliphatic carbocycles. The van der Waals surface area contributed by atoms with Gasteiger partial charge in [-0.2, -0.15) is 25.4 Å². The second-order valence-corrected chi connectivity index (χ2v) is 13.9. The lowest BCUT2D eigenvalue weighted by molar-refractivity contribution is -0.0366. The topological polar surface area (TPSA) is 143 Å². The Bertz CT molecular complexity index is 2580. The number of aryl methyl sites for hydroxylation is 2. The van der Waals surface area contributed by atoms with Gasteiger partial charge in [-0.25, -0.2) is 17.5 Å². The quantitative estimate of drug-likeness (QED) is 0.204. The zero-order chi connectivity index (χ0) is 33.3. The van der Waals surface area contributed by atoms with Gasteiger partial charge in [0.15, 0.2) is 11.9 Å². The van der Waals surface area contributed by atoms with Crippen molar-refractivity contribution in [3.63, 3.8) is 0 Å². The lowest BCUT2D eigenvalue weighted by Gasteiger charge is -2.23. The predicted octanol–water partition coefficient (Wildman–Crippen LogP) is 5.72. The van der Waals surface area contributed by atoms with Crippen LogP contribution >= 0.6 is 0 Å². The molecule has 0 spiro atoms. The lowest BCUT2D eigenvalue weighted by atomic mass is 9.94. The molecule has 0 saturated carbocycles. The Kier molecular flexibility index (Phi) is 6.93. The van der Waals surface area contributed by atoms with E-state index in [1.165, 1.54) is 6.07 Å². The molecule has 0 bridgehead atoms. The third kappa shape index (κ3) is 4.61. The Labute approximate surface area is 273 Å². The number of ether oxygens (including phenoxy) is 2. The van der Waals surface area contributed by atoms with Crippen LogP contribution in [0.2, 0.25) is 0 Å². The van der Waals surface area contributed by atoms with Crippen LogP contribution in [0.1, 0.15) is 36.6 Å². The average Bonchev–Trinajstić information content (AvgIpc) is 3.75. The molecule has 7 aromatic rings. The van der Waals surface area contributed by atoms with Crippen molar-refractivity contribution in [1.29, 1.82) is 5.26 Å². The van der Waals surface area contributed by atoms with Crippen molar-refractivity contribution in [2.75, 3.05) is 12.9 Å². The number of hydrogen-bond acceptors (Lipinski definition) is 9. The summed E-state index contributed by atoms with van der Waals surface area (Å²) in [7, 11) is -0.320. The summed E-state index contributed by atoms with van der Waals surface area (Å²) in [5, 5.41) is 21.7. The number of aromatic nitrogens is 7. The fourth-order valence-corrected chi connectivity index (χ4v) is 7.22. The van der Waals surface area contributed by atoms with Gasteiger partial charge in [0.2, 0.25) is 15.7 Å². The van der Waals surface area contributed by atoms with Crippen LogP contribution in [0.3, 0.4) is 0 Å². The summed E-state index contributed by atoms with van der Waals surface area (Å²) in [6, 6.07) is 16.4. The normalized spacial score (nSPS) is 15.5. The zero-order valence-electron chi connectivity index (χ0n) is 26.3. The summed E-state index contributed by atoms with van der Waals surface area (Å²) in [5.41, 5.74) is 3.91. The van der Waals surface area contributed by atoms with Crippen LogP contribution in [-0.4, -0.2) is 55.4 Å². The molecule has 4 aromatic heterocycles. The Balaban J connectivity index is 1.46. The highest BCUT2D eigenvalue weighted by atomic mass is 32.2. The largest absolute Gasteiger partial charge is 0.472 e. The highest BCUT2D eigenvalue weighted by Gasteiger charge is 2.30. The van der Waals surface area contributed by atoms with E-state index in [1.807, 2.05) is 41.1 Å². The number of benzene rings is 3. The van der Waals surface area contributed by atoms with E-state index < -0.39 is 15.7 Å². The van der Waals surface area contributed by atoms with Crippen LogP contribution in [0, 0.1) is 17.1 Å². The van der Waals surface area contributed by atoms with Crippen molar-refractivity contribution in [2.45, 2.75) is 37.3 Å². The molecule has 1 aliphatic heterocycles. The first-order chi connectivity index (χ1) is 23.2. The van der Waals surface area contributed by atoms with E-state index in [0.717, 1.165) is 36.6 Å². The summed E-state index contributed by atoms with van der Waals surface area (Å²) in [6.07, 6.45) is 5.24. The maximum atomic E-state index is 15.3. The van der Waals surface area contributed by atoms with Gasteiger partial charge in [-0.05, 0) is 42.3 Å². The maximum Gasteiger partial charge on any atom is 0.252 e. The smallest absolute Gasteiger partial charge is 0.252 e. The van der Waals surface area contributed by atoms with Gasteiger partial charge in [-0.3, -0.25) is 4.68 Å². The van der Waals surface area contributed by atoms with Gasteiger partial charge in [-0.15, -0.1) is 0 Å². The number of fused-ring (bicyclic) bond motifs is 5. The summed E-state index contributed by atoms with van der Waals surface area (Å²) in [6.45, 7) is 0.757. The van der Waals surface area contributed by atoms with Crippen LogP contribution in [0.15, 0.2) is 59.9 Å². The van der Waals surface area contributed by atoms with Crippen LogP contribution in [0.25, 0.3) is 55.0 Å². The van der Waals surface area contributed by atoms with Gasteiger partial charge in [0.05, 0.1) is 22.8 Å². The first kappa shape index (κ1) is 30.0. The van der Waals surface area contributed by atoms with E-state index >= 15 is 4.39 Å². The fraction of sp³-hybridized carbons (Fsp3) is 0.265. The molecule has 0 radical (unpaired) electrons. The Hall–Kier alpha value is -5.39. The number of nitrogens with zero attached hydrogens (tertiary/aromatic N) is 8. The van der Waals surface area contributed by atoms with Gasteiger partial charge < -0.3 is 14.0 Å². The van der Waals surface area contributed by atoms with Crippen molar-refractivity contribution < 1.29 is 22.3 Å². The summed E-state index contributed by atoms with van der Waals surface area (Å²) in [5.74, 6) is -0.573. The Morgan fingerprint density at radius 3 is 2.62 bits per heavy atom. The van der Waals surface area contributed by atoms with Crippen molar-refractivity contribution in [3.05, 3.63) is 71.7 Å². The first-order valence-electron chi connectivity index (χ1n) is 15.4. The van der Waals surface area contributed by atoms with Crippen LogP contribution in [0.5, 0.6) is 5.88 Å². The molecule has 1 saturated heterocycles. The van der Waals surface area contributed by atoms with Crippen LogP contribution in [0.4, 0.5) is 4.39 Å². The third-order valence-corrected chi connectivity index (χ3v) is 9.75. The molecule has 1 fully saturated rings. The van der Waals surface area contributed by atoms with Gasteiger partial charge in [0, 0.05) is 43.3 Å². The molecule has 12 nitrogen and oxygen atoms in total. The highest BCUT2D eigenvalue weighted by Crippen LogP contribution is 2.45. The van der Waals surface area contributed by atoms with E-state index in [9.17, 15) is 13.7 Å². The van der Waals surface area contributed by atoms with Gasteiger partial charge in [0.1, 0.15) is 35.1 Å². The molecular weight excluding hydrogens is 635 g/mol. The van der Waals surface area contributed by atoms with E-state index in [-0.39, 0.29) is 29.4 Å². The molecule has 242 valence electrons. The number of rotatable bonds is 6. The highest BCUT2D eigenvalue weighted by molar-refractivity contribution is 7.90. The van der Waals surface area contributed by atoms with Gasteiger partial charge >= 0.3 is 0 Å². The fourth-order valence-electron chi connectivity index (χ4n) is 6.72. The minimum Gasteiger partial charge on any atom is -0.472 e. The van der Waals surface area contributed by atoms with Crippen LogP contribution < -0.4 is 4.74 Å². The zero-order valence-corrected chi connectivity index (χ0v) is 27.1. The Morgan fingerprint density at radius 2 is 1.90 bits per heavy atom. The number of halogens is 1. The van der Waals surface area contributed by atoms with Gasteiger partial charge in [0.25, 0.3) is 5.16 Å². The SMILES string of the molecule is Cn1nc(-c2c3cnn(C4CCCCO4)c3cc3ccc(F)c(C#N)c23)c2c1c1c(OCc3ccccc3)nc(S(C)(=O)=O)nc1n2C. The monoisotopic (exact) mass is 664 g/mol. The van der Waals surface area contributed by atoms with E-state index in [4.69, 9.17) is 19.7 Å². The van der Waals surface area contributed by atoms with E-state index in [2.05, 4.69) is 16.0 Å². The number of nitriles is 1. The number of hydrogen-bond donors (Lipinski definition) is 0. The molecule has 1 unspecified atom stereocenters.